The normalized spacial score (nSPS) is 12.4. The number of carbonyl (C=O) groups excluding carboxylic acids is 4. The maximum Gasteiger partial charge on any atom is 0.326 e. The van der Waals surface area contributed by atoms with E-state index in [1.165, 1.54) is 0 Å². The van der Waals surface area contributed by atoms with E-state index in [-0.39, 0.29) is 12.9 Å². The SMILES string of the molecule is O=CC[C@H](NC(=O)N[C@@H](COC=O)OC=O)C(=O)O. The number of aliphatic carboxylic acids is 1. The van der Waals surface area contributed by atoms with E-state index in [0.29, 0.717) is 6.29 Å². The maximum absolute atomic E-state index is 11.3. The fourth-order valence-corrected chi connectivity index (χ4v) is 0.973. The first-order valence-corrected chi connectivity index (χ1v) is 4.93. The van der Waals surface area contributed by atoms with Gasteiger partial charge in [0.1, 0.15) is 18.9 Å². The molecule has 2 atom stereocenters. The van der Waals surface area contributed by atoms with E-state index in [1.807, 2.05) is 10.6 Å². The highest BCUT2D eigenvalue weighted by Gasteiger charge is 2.21. The van der Waals surface area contributed by atoms with Gasteiger partial charge < -0.3 is 24.7 Å². The first kappa shape index (κ1) is 16.4. The zero-order valence-electron chi connectivity index (χ0n) is 9.61. The fourth-order valence-electron chi connectivity index (χ4n) is 0.973. The van der Waals surface area contributed by atoms with Gasteiger partial charge in [-0.1, -0.05) is 0 Å². The van der Waals surface area contributed by atoms with Gasteiger partial charge in [-0.3, -0.25) is 14.9 Å². The standard InChI is InChI=1S/C9H12N2O8/c12-2-1-6(8(15)16)10-9(17)11-7(19-5-14)3-18-4-13/h2,4-7H,1,3H2,(H,15,16)(H2,10,11,17)/t6-,7+/m0/s1. The van der Waals surface area contributed by atoms with Crippen LogP contribution in [0, 0.1) is 0 Å². The second-order valence-electron chi connectivity index (χ2n) is 3.06. The summed E-state index contributed by atoms with van der Waals surface area (Å²) in [7, 11) is 0. The van der Waals surface area contributed by atoms with Crippen LogP contribution < -0.4 is 10.6 Å². The summed E-state index contributed by atoms with van der Waals surface area (Å²) in [5, 5.41) is 12.7. The Hall–Kier alpha value is -2.65. The number of ether oxygens (including phenoxy) is 2. The van der Waals surface area contributed by atoms with E-state index in [4.69, 9.17) is 5.11 Å². The van der Waals surface area contributed by atoms with Gasteiger partial charge in [-0.2, -0.15) is 0 Å². The lowest BCUT2D eigenvalue weighted by atomic mass is 10.2. The van der Waals surface area contributed by atoms with Crippen molar-refractivity contribution in [1.29, 1.82) is 0 Å². The maximum atomic E-state index is 11.3. The summed E-state index contributed by atoms with van der Waals surface area (Å²) in [4.78, 5) is 52.2. The summed E-state index contributed by atoms with van der Waals surface area (Å²) in [5.74, 6) is -1.40. The summed E-state index contributed by atoms with van der Waals surface area (Å²) < 4.78 is 8.63. The number of aldehydes is 1. The minimum Gasteiger partial charge on any atom is -0.480 e. The van der Waals surface area contributed by atoms with Crippen LogP contribution in [0.5, 0.6) is 0 Å². The highest BCUT2D eigenvalue weighted by Crippen LogP contribution is 1.91. The molecule has 3 N–H and O–H groups in total. The Labute approximate surface area is 107 Å². The van der Waals surface area contributed by atoms with Crippen molar-refractivity contribution < 1.29 is 38.6 Å². The van der Waals surface area contributed by atoms with Crippen molar-refractivity contribution in [2.24, 2.45) is 0 Å². The Balaban J connectivity index is 4.36. The van der Waals surface area contributed by atoms with Crippen molar-refractivity contribution in [2.75, 3.05) is 6.61 Å². The van der Waals surface area contributed by atoms with Crippen molar-refractivity contribution in [3.63, 3.8) is 0 Å². The number of amides is 2. The zero-order chi connectivity index (χ0) is 14.7. The molecule has 0 unspecified atom stereocenters. The van der Waals surface area contributed by atoms with Gasteiger partial charge in [-0.15, -0.1) is 0 Å². The van der Waals surface area contributed by atoms with E-state index in [1.54, 1.807) is 0 Å². The quantitative estimate of drug-likeness (QED) is 0.306. The van der Waals surface area contributed by atoms with Gasteiger partial charge in [0.25, 0.3) is 12.9 Å². The molecule has 0 radical (unpaired) electrons. The summed E-state index contributed by atoms with van der Waals surface area (Å²) >= 11 is 0. The van der Waals surface area contributed by atoms with Crippen LogP contribution in [-0.2, 0) is 28.7 Å². The Kier molecular flexibility index (Phi) is 8.08. The molecular formula is C9H12N2O8. The molecule has 0 aromatic carbocycles. The molecular weight excluding hydrogens is 264 g/mol. The third-order valence-electron chi connectivity index (χ3n) is 1.76. The first-order chi connectivity index (χ1) is 9.04. The van der Waals surface area contributed by atoms with Crippen molar-refractivity contribution in [3.8, 4) is 0 Å². The lowest BCUT2D eigenvalue weighted by molar-refractivity contribution is -0.143. The Morgan fingerprint density at radius 1 is 1.16 bits per heavy atom. The number of hydrogen-bond acceptors (Lipinski definition) is 7. The molecule has 0 spiro atoms. The molecule has 0 aliphatic heterocycles. The molecule has 0 aromatic heterocycles. The third kappa shape index (κ3) is 7.31. The summed E-state index contributed by atoms with van der Waals surface area (Å²) in [5.41, 5.74) is 0. The predicted molar refractivity (Wildman–Crippen MR) is 56.7 cm³/mol. The average molecular weight is 276 g/mol. The zero-order valence-corrected chi connectivity index (χ0v) is 9.61. The predicted octanol–water partition coefficient (Wildman–Crippen LogP) is -2.00. The van der Waals surface area contributed by atoms with Crippen LogP contribution in [-0.4, -0.2) is 55.2 Å². The van der Waals surface area contributed by atoms with Crippen molar-refractivity contribution in [1.82, 2.24) is 10.6 Å². The van der Waals surface area contributed by atoms with Gasteiger partial charge >= 0.3 is 12.0 Å². The molecule has 0 heterocycles. The number of nitrogens with one attached hydrogen (secondary N) is 2. The molecule has 19 heavy (non-hydrogen) atoms. The van der Waals surface area contributed by atoms with Crippen molar-refractivity contribution >= 4 is 31.2 Å². The van der Waals surface area contributed by atoms with Gasteiger partial charge in [-0.25, -0.2) is 9.59 Å². The minimum absolute atomic E-state index is 0.0131. The number of carboxylic acids is 1. The second kappa shape index (κ2) is 9.39. The summed E-state index contributed by atoms with van der Waals surface area (Å²) in [6.07, 6.45) is -1.37. The molecule has 0 bridgehead atoms. The van der Waals surface area contributed by atoms with Crippen LogP contribution >= 0.6 is 0 Å². The topological polar surface area (TPSA) is 148 Å². The van der Waals surface area contributed by atoms with E-state index in [9.17, 15) is 24.0 Å². The molecule has 0 saturated heterocycles. The second-order valence-corrected chi connectivity index (χ2v) is 3.06. The summed E-state index contributed by atoms with van der Waals surface area (Å²) in [6.45, 7) is -0.354. The van der Waals surface area contributed by atoms with Crippen LogP contribution in [0.4, 0.5) is 4.79 Å². The van der Waals surface area contributed by atoms with E-state index < -0.39 is 37.3 Å². The molecule has 0 aliphatic carbocycles. The van der Waals surface area contributed by atoms with Gasteiger partial charge in [0.2, 0.25) is 6.23 Å². The molecule has 2 amide bonds. The minimum atomic E-state index is -1.42. The Bertz CT molecular complexity index is 345. The Morgan fingerprint density at radius 3 is 2.32 bits per heavy atom. The van der Waals surface area contributed by atoms with Crippen LogP contribution in [0.3, 0.4) is 0 Å². The van der Waals surface area contributed by atoms with Crippen LogP contribution in [0.2, 0.25) is 0 Å². The van der Waals surface area contributed by atoms with Crippen LogP contribution in [0.25, 0.3) is 0 Å². The average Bonchev–Trinajstić information content (AvgIpc) is 2.35. The number of urea groups is 1. The molecule has 10 heteroatoms. The summed E-state index contributed by atoms with van der Waals surface area (Å²) in [6, 6.07) is -2.42. The van der Waals surface area contributed by atoms with Crippen molar-refractivity contribution in [3.05, 3.63) is 0 Å². The van der Waals surface area contributed by atoms with Crippen molar-refractivity contribution in [2.45, 2.75) is 18.7 Å². The highest BCUT2D eigenvalue weighted by atomic mass is 16.6. The highest BCUT2D eigenvalue weighted by molar-refractivity contribution is 5.84. The Morgan fingerprint density at radius 2 is 1.84 bits per heavy atom. The van der Waals surface area contributed by atoms with E-state index in [2.05, 4.69) is 9.47 Å². The lowest BCUT2D eigenvalue weighted by Gasteiger charge is -2.18. The molecule has 0 aliphatic rings. The molecule has 10 nitrogen and oxygen atoms in total. The monoisotopic (exact) mass is 276 g/mol. The van der Waals surface area contributed by atoms with Gasteiger partial charge in [-0.05, 0) is 0 Å². The number of hydrogen-bond donors (Lipinski definition) is 3. The van der Waals surface area contributed by atoms with Crippen LogP contribution in [0.1, 0.15) is 6.42 Å². The molecule has 106 valence electrons. The fraction of sp³-hybridized carbons (Fsp3) is 0.444. The van der Waals surface area contributed by atoms with Gasteiger partial charge in [0.15, 0.2) is 0 Å². The number of carboxylic acid groups (broad SMARTS) is 1. The third-order valence-corrected chi connectivity index (χ3v) is 1.76. The molecule has 0 saturated carbocycles. The van der Waals surface area contributed by atoms with Crippen LogP contribution in [0.15, 0.2) is 0 Å². The largest absolute Gasteiger partial charge is 0.480 e. The van der Waals surface area contributed by atoms with E-state index >= 15 is 0 Å². The number of rotatable bonds is 10. The molecule has 0 aromatic rings. The molecule has 0 fully saturated rings. The number of carbonyl (C=O) groups is 5. The molecule has 0 rings (SSSR count). The first-order valence-electron chi connectivity index (χ1n) is 4.93. The smallest absolute Gasteiger partial charge is 0.326 e. The lowest BCUT2D eigenvalue weighted by Crippen LogP contribution is -2.50. The van der Waals surface area contributed by atoms with Gasteiger partial charge in [0.05, 0.1) is 0 Å². The van der Waals surface area contributed by atoms with E-state index in [0.717, 1.165) is 0 Å². The van der Waals surface area contributed by atoms with Gasteiger partial charge in [0, 0.05) is 6.42 Å².